The van der Waals surface area contributed by atoms with E-state index in [0.29, 0.717) is 12.4 Å². The van der Waals surface area contributed by atoms with Crippen LogP contribution in [0.15, 0.2) is 44.8 Å². The third-order valence-corrected chi connectivity index (χ3v) is 15.3. The molecule has 1 aromatic heterocycles. The highest BCUT2D eigenvalue weighted by Crippen LogP contribution is 2.55. The van der Waals surface area contributed by atoms with Crippen molar-refractivity contribution >= 4 is 30.2 Å². The molecule has 1 atom stereocenters. The number of benzene rings is 3. The molecule has 4 aromatic rings. The highest BCUT2D eigenvalue weighted by atomic mass is 31.1. The average Bonchev–Trinajstić information content (AvgIpc) is 3.36. The van der Waals surface area contributed by atoms with Crippen LogP contribution in [0, 0.1) is 6.92 Å². The lowest BCUT2D eigenvalue weighted by molar-refractivity contribution is 0.359. The van der Waals surface area contributed by atoms with Gasteiger partial charge in [0.15, 0.2) is 0 Å². The number of para-hydroxylation sites is 1. The molecule has 1 unspecified atom stereocenters. The predicted octanol–water partition coefficient (Wildman–Crippen LogP) is 19.1. The molecule has 5 heteroatoms. The van der Waals surface area contributed by atoms with Gasteiger partial charge >= 0.3 is 8.24 Å². The standard InChI is InChI=1S/C58H93O4P/c1-17-21-27-35-55(9,10)48-47-44-33-25-26-34-46(44)61-63(60-39-31-32-43-40-42(5)52(59)45(41-43)54(6,7)8)62-53(47)51(58(15,16)38-30-24-20-4)50(57(13,14)37-29-23-19-3)49(48)56(11,12)36-28-22-18-2/h25-26,33-34,40-41,59H,17-24,27-32,35-39H2,1-16H3. The van der Waals surface area contributed by atoms with Gasteiger partial charge in [0.25, 0.3) is 0 Å². The maximum Gasteiger partial charge on any atom is 0.387 e. The van der Waals surface area contributed by atoms with Crippen LogP contribution in [0.1, 0.15) is 252 Å². The minimum absolute atomic E-state index is 0.0735. The molecule has 354 valence electrons. The summed E-state index contributed by atoms with van der Waals surface area (Å²) in [5.41, 5.74) is 10.4. The molecule has 0 bridgehead atoms. The molecular formula is C58H93O4P. The van der Waals surface area contributed by atoms with E-state index in [0.717, 1.165) is 66.2 Å². The first kappa shape index (κ1) is 52.9. The Kier molecular flexibility index (Phi) is 19.1. The molecule has 0 radical (unpaired) electrons. The lowest BCUT2D eigenvalue weighted by Crippen LogP contribution is -2.36. The van der Waals surface area contributed by atoms with Gasteiger partial charge in [0.2, 0.25) is 0 Å². The first-order chi connectivity index (χ1) is 29.6. The number of fused-ring (bicyclic) bond motifs is 3. The smallest absolute Gasteiger partial charge is 0.387 e. The Balaban J connectivity index is 2.18. The lowest BCUT2D eigenvalue weighted by atomic mass is 9.59. The Morgan fingerprint density at radius 3 is 1.51 bits per heavy atom. The highest BCUT2D eigenvalue weighted by molar-refractivity contribution is 7.31. The zero-order valence-corrected chi connectivity index (χ0v) is 44.4. The predicted molar refractivity (Wildman–Crippen MR) is 276 cm³/mol. The van der Waals surface area contributed by atoms with Crippen LogP contribution in [0.25, 0.3) is 21.9 Å². The molecule has 4 rings (SSSR count). The monoisotopic (exact) mass is 885 g/mol. The normalized spacial score (nSPS) is 13.4. The fourth-order valence-electron chi connectivity index (χ4n) is 10.5. The maximum absolute atomic E-state index is 10.9. The fraction of sp³-hybridized carbons (Fsp3) is 0.690. The number of phenolic OH excluding ortho intramolecular Hbond substituents is 1. The van der Waals surface area contributed by atoms with Crippen LogP contribution in [0.5, 0.6) is 5.75 Å². The summed E-state index contributed by atoms with van der Waals surface area (Å²) in [6.07, 6.45) is 20.7. The number of aromatic hydroxyl groups is 1. The molecule has 3 aromatic carbocycles. The van der Waals surface area contributed by atoms with Crippen LogP contribution >= 0.6 is 8.24 Å². The van der Waals surface area contributed by atoms with Crippen LogP contribution in [0.2, 0.25) is 0 Å². The molecule has 1 heterocycles. The summed E-state index contributed by atoms with van der Waals surface area (Å²) in [5, 5.41) is 13.3. The summed E-state index contributed by atoms with van der Waals surface area (Å²) < 4.78 is 21.5. The Bertz CT molecular complexity index is 2110. The summed E-state index contributed by atoms with van der Waals surface area (Å²) in [7, 11) is -1.78. The van der Waals surface area contributed by atoms with Gasteiger partial charge in [-0.1, -0.05) is 211 Å². The lowest BCUT2D eigenvalue weighted by Gasteiger charge is -2.45. The van der Waals surface area contributed by atoms with E-state index >= 15 is 0 Å². The van der Waals surface area contributed by atoms with Crippen LogP contribution in [-0.4, -0.2) is 11.7 Å². The van der Waals surface area contributed by atoms with E-state index in [1.165, 1.54) is 99.1 Å². The topological polar surface area (TPSA) is 55.7 Å². The van der Waals surface area contributed by atoms with Crippen molar-refractivity contribution in [1.82, 2.24) is 0 Å². The SMILES string of the molecule is CCCCCC(C)(C)c1c(C(C)(C)CCCCC)c(C(C)(C)CCCCC)c2c(op(OCCCc3cc(C)c(O)c(C(C)(C)C)c3)oc3ccccc32)c1C(C)(C)CCCCC. The number of phenols is 1. The number of aryl methyl sites for hydroxylation is 2. The number of rotatable bonds is 25. The Morgan fingerprint density at radius 1 is 0.556 bits per heavy atom. The Hall–Kier alpha value is -2.68. The Morgan fingerprint density at radius 2 is 1.02 bits per heavy atom. The van der Waals surface area contributed by atoms with E-state index in [2.05, 4.69) is 140 Å². The van der Waals surface area contributed by atoms with Gasteiger partial charge in [0, 0.05) is 16.3 Å². The molecule has 4 nitrogen and oxygen atoms in total. The summed E-state index contributed by atoms with van der Waals surface area (Å²) in [4.78, 5) is 0. The number of hydrogen-bond acceptors (Lipinski definition) is 4. The van der Waals surface area contributed by atoms with Crippen molar-refractivity contribution in [2.45, 2.75) is 253 Å². The molecule has 0 spiro atoms. The second-order valence-corrected chi connectivity index (χ2v) is 24.0. The third-order valence-electron chi connectivity index (χ3n) is 14.3. The van der Waals surface area contributed by atoms with Gasteiger partial charge in [-0.3, -0.25) is 4.52 Å². The first-order valence-corrected chi connectivity index (χ1v) is 26.6. The second-order valence-electron chi connectivity index (χ2n) is 23.0. The molecule has 0 aliphatic rings. The summed E-state index contributed by atoms with van der Waals surface area (Å²) >= 11 is 0. The van der Waals surface area contributed by atoms with Crippen LogP contribution in [-0.2, 0) is 33.5 Å². The molecule has 0 saturated heterocycles. The van der Waals surface area contributed by atoms with Gasteiger partial charge in [0.1, 0.15) is 16.9 Å². The van der Waals surface area contributed by atoms with Crippen LogP contribution in [0.3, 0.4) is 0 Å². The average molecular weight is 885 g/mol. The maximum atomic E-state index is 10.9. The first-order valence-electron chi connectivity index (χ1n) is 25.5. The van der Waals surface area contributed by atoms with Crippen molar-refractivity contribution in [3.05, 3.63) is 75.3 Å². The quantitative estimate of drug-likeness (QED) is 0.0674. The highest BCUT2D eigenvalue weighted by Gasteiger charge is 2.44. The van der Waals surface area contributed by atoms with Crippen LogP contribution in [0.4, 0.5) is 0 Å². The zero-order valence-electron chi connectivity index (χ0n) is 43.5. The van der Waals surface area contributed by atoms with Crippen molar-refractivity contribution in [2.75, 3.05) is 6.61 Å². The van der Waals surface area contributed by atoms with E-state index in [4.69, 9.17) is 12.9 Å². The molecule has 0 aliphatic carbocycles. The zero-order chi connectivity index (χ0) is 46.8. The number of hydrogen-bond donors (Lipinski definition) is 1. The minimum atomic E-state index is -1.78. The summed E-state index contributed by atoms with van der Waals surface area (Å²) in [5.74, 6) is 0.408. The van der Waals surface area contributed by atoms with E-state index < -0.39 is 8.24 Å². The molecule has 63 heavy (non-hydrogen) atoms. The molecular weight excluding hydrogens is 792 g/mol. The summed E-state index contributed by atoms with van der Waals surface area (Å²) in [6.45, 7) is 38.7. The van der Waals surface area contributed by atoms with Gasteiger partial charge in [-0.05, 0) is 112 Å². The van der Waals surface area contributed by atoms with Crippen LogP contribution < -0.4 is 4.52 Å². The van der Waals surface area contributed by atoms with E-state index in [9.17, 15) is 5.11 Å². The third kappa shape index (κ3) is 13.2. The second kappa shape index (κ2) is 22.7. The van der Waals surface area contributed by atoms with Gasteiger partial charge in [0.05, 0.1) is 6.61 Å². The summed E-state index contributed by atoms with van der Waals surface area (Å²) in [6, 6.07) is 13.1. The van der Waals surface area contributed by atoms with Crippen molar-refractivity contribution in [2.24, 2.45) is 0 Å². The van der Waals surface area contributed by atoms with Gasteiger partial charge in [-0.25, -0.2) is 0 Å². The van der Waals surface area contributed by atoms with Crippen molar-refractivity contribution in [3.63, 3.8) is 0 Å². The Labute approximate surface area is 387 Å². The van der Waals surface area contributed by atoms with Crippen molar-refractivity contribution in [3.8, 4) is 5.75 Å². The van der Waals surface area contributed by atoms with Crippen molar-refractivity contribution in [1.29, 1.82) is 0 Å². The fourth-order valence-corrected chi connectivity index (χ4v) is 11.6. The molecule has 0 amide bonds. The molecule has 0 saturated carbocycles. The van der Waals surface area contributed by atoms with Gasteiger partial charge < -0.3 is 13.5 Å². The molecule has 0 aliphatic heterocycles. The molecule has 0 fully saturated rings. The van der Waals surface area contributed by atoms with Gasteiger partial charge in [-0.15, -0.1) is 0 Å². The van der Waals surface area contributed by atoms with Crippen molar-refractivity contribution < 1.29 is 18.0 Å². The minimum Gasteiger partial charge on any atom is -0.507 e. The van der Waals surface area contributed by atoms with E-state index in [1.807, 2.05) is 6.92 Å². The number of unbranched alkanes of at least 4 members (excludes halogenated alkanes) is 8. The van der Waals surface area contributed by atoms with Gasteiger partial charge in [-0.2, -0.15) is 0 Å². The van der Waals surface area contributed by atoms with E-state index in [1.54, 1.807) is 11.1 Å². The molecule has 1 N–H and O–H groups in total. The largest absolute Gasteiger partial charge is 0.507 e. The van der Waals surface area contributed by atoms with E-state index in [-0.39, 0.29) is 27.1 Å².